The minimum absolute atomic E-state index is 0.323. The number of hydrogen-bond donors (Lipinski definition) is 1. The van der Waals surface area contributed by atoms with Crippen molar-refractivity contribution in [1.29, 1.82) is 0 Å². The van der Waals surface area contributed by atoms with Gasteiger partial charge in [-0.15, -0.1) is 13.2 Å². The minimum Gasteiger partial charge on any atom is -0.406 e. The van der Waals surface area contributed by atoms with Crippen molar-refractivity contribution < 1.29 is 22.7 Å². The van der Waals surface area contributed by atoms with E-state index in [1.807, 2.05) is 0 Å². The Balaban J connectivity index is 2.79. The molecule has 0 aliphatic rings. The van der Waals surface area contributed by atoms with Crippen LogP contribution in [-0.4, -0.2) is 19.3 Å². The van der Waals surface area contributed by atoms with E-state index in [1.165, 1.54) is 37.4 Å². The maximum Gasteiger partial charge on any atom is 0.573 e. The number of likely N-dealkylation sites (N-methyl/N-ethyl adjacent to an activating group) is 1. The summed E-state index contributed by atoms with van der Waals surface area (Å²) in [5.74, 6) is -0.663. The lowest BCUT2D eigenvalue weighted by molar-refractivity contribution is -0.274. The van der Waals surface area contributed by atoms with E-state index >= 15 is 0 Å². The largest absolute Gasteiger partial charge is 0.573 e. The molecule has 0 fully saturated rings. The Kier molecular flexibility index (Phi) is 4.14. The number of carbonyl (C=O) groups is 1. The fourth-order valence-electron chi connectivity index (χ4n) is 1.07. The zero-order valence-corrected chi connectivity index (χ0v) is 8.91. The van der Waals surface area contributed by atoms with E-state index in [0.29, 0.717) is 5.56 Å². The number of carbonyl (C=O) groups excluding carboxylic acids is 1. The molecule has 0 atom stereocenters. The molecule has 1 aromatic carbocycles. The lowest BCUT2D eigenvalue weighted by atomic mass is 10.2. The summed E-state index contributed by atoms with van der Waals surface area (Å²) in [5.41, 5.74) is 0.440. The average molecular weight is 245 g/mol. The van der Waals surface area contributed by atoms with Crippen molar-refractivity contribution in [1.82, 2.24) is 5.32 Å². The van der Waals surface area contributed by atoms with Crippen molar-refractivity contribution in [2.45, 2.75) is 6.36 Å². The molecular formula is C11H10F3NO2. The second-order valence-corrected chi connectivity index (χ2v) is 3.07. The van der Waals surface area contributed by atoms with Crippen LogP contribution in [0.4, 0.5) is 13.2 Å². The summed E-state index contributed by atoms with van der Waals surface area (Å²) >= 11 is 0. The summed E-state index contributed by atoms with van der Waals surface area (Å²) in [4.78, 5) is 10.9. The molecule has 1 rings (SSSR count). The highest BCUT2D eigenvalue weighted by molar-refractivity contribution is 5.91. The number of alkyl halides is 3. The second kappa shape index (κ2) is 5.38. The van der Waals surface area contributed by atoms with Crippen molar-refractivity contribution in [2.24, 2.45) is 0 Å². The third-order valence-electron chi connectivity index (χ3n) is 1.77. The molecule has 0 aliphatic heterocycles. The van der Waals surface area contributed by atoms with Gasteiger partial charge in [0.05, 0.1) is 0 Å². The van der Waals surface area contributed by atoms with Gasteiger partial charge in [0.25, 0.3) is 0 Å². The smallest absolute Gasteiger partial charge is 0.406 e. The first-order valence-electron chi connectivity index (χ1n) is 4.66. The Hall–Kier alpha value is -1.98. The monoisotopic (exact) mass is 245 g/mol. The van der Waals surface area contributed by atoms with Crippen molar-refractivity contribution >= 4 is 12.0 Å². The molecule has 0 spiro atoms. The highest BCUT2D eigenvalue weighted by atomic mass is 19.4. The number of halogens is 3. The standard InChI is InChI=1S/C11H10F3NO2/c1-15-10(16)6-5-8-3-2-4-9(7-8)17-11(12,13)14/h2-7H,1H3,(H,15,16). The van der Waals surface area contributed by atoms with Crippen molar-refractivity contribution in [2.75, 3.05) is 7.05 Å². The first-order valence-corrected chi connectivity index (χ1v) is 4.66. The summed E-state index contributed by atoms with van der Waals surface area (Å²) in [6.45, 7) is 0. The summed E-state index contributed by atoms with van der Waals surface area (Å²) in [6.07, 6.45) is -2.11. The van der Waals surface area contributed by atoms with Crippen LogP contribution < -0.4 is 10.1 Å². The van der Waals surface area contributed by atoms with E-state index in [2.05, 4.69) is 10.1 Å². The van der Waals surface area contributed by atoms with Gasteiger partial charge in [-0.05, 0) is 23.8 Å². The number of hydrogen-bond acceptors (Lipinski definition) is 2. The van der Waals surface area contributed by atoms with Gasteiger partial charge in [-0.3, -0.25) is 4.79 Å². The Morgan fingerprint density at radius 2 is 2.12 bits per heavy atom. The number of nitrogens with one attached hydrogen (secondary N) is 1. The normalized spacial score (nSPS) is 11.5. The zero-order valence-electron chi connectivity index (χ0n) is 8.91. The summed E-state index contributed by atoms with van der Waals surface area (Å²) in [5, 5.41) is 2.35. The lowest BCUT2D eigenvalue weighted by Gasteiger charge is -2.08. The van der Waals surface area contributed by atoms with Gasteiger partial charge in [0.2, 0.25) is 5.91 Å². The molecular weight excluding hydrogens is 235 g/mol. The lowest BCUT2D eigenvalue weighted by Crippen LogP contribution is -2.17. The van der Waals surface area contributed by atoms with E-state index in [-0.39, 0.29) is 11.7 Å². The predicted molar refractivity (Wildman–Crippen MR) is 56.2 cm³/mol. The maximum absolute atomic E-state index is 11.9. The van der Waals surface area contributed by atoms with Gasteiger partial charge in [-0.1, -0.05) is 12.1 Å². The van der Waals surface area contributed by atoms with Gasteiger partial charge in [0.15, 0.2) is 0 Å². The molecule has 0 aliphatic carbocycles. The molecule has 0 saturated carbocycles. The van der Waals surface area contributed by atoms with E-state index in [4.69, 9.17) is 0 Å². The highest BCUT2D eigenvalue weighted by Gasteiger charge is 2.30. The molecule has 0 bridgehead atoms. The molecule has 6 heteroatoms. The topological polar surface area (TPSA) is 38.3 Å². The van der Waals surface area contributed by atoms with Crippen LogP contribution in [0.3, 0.4) is 0 Å². The van der Waals surface area contributed by atoms with E-state index < -0.39 is 6.36 Å². The van der Waals surface area contributed by atoms with Crippen LogP contribution in [-0.2, 0) is 4.79 Å². The Bertz CT molecular complexity index is 427. The quantitative estimate of drug-likeness (QED) is 0.830. The third kappa shape index (κ3) is 5.05. The van der Waals surface area contributed by atoms with Crippen molar-refractivity contribution in [3.05, 3.63) is 35.9 Å². The van der Waals surface area contributed by atoms with E-state index in [1.54, 1.807) is 6.07 Å². The van der Waals surface area contributed by atoms with Crippen LogP contribution in [0.5, 0.6) is 5.75 Å². The summed E-state index contributed by atoms with van der Waals surface area (Å²) in [7, 11) is 1.45. The van der Waals surface area contributed by atoms with Crippen molar-refractivity contribution in [3.8, 4) is 5.75 Å². The third-order valence-corrected chi connectivity index (χ3v) is 1.77. The van der Waals surface area contributed by atoms with Crippen LogP contribution in [0.1, 0.15) is 5.56 Å². The number of ether oxygens (including phenoxy) is 1. The van der Waals surface area contributed by atoms with Gasteiger partial charge in [0, 0.05) is 13.1 Å². The Labute approximate surface area is 95.9 Å². The molecule has 1 amide bonds. The average Bonchev–Trinajstić information content (AvgIpc) is 2.24. The first kappa shape index (κ1) is 13.1. The molecule has 0 heterocycles. The minimum atomic E-state index is -4.72. The van der Waals surface area contributed by atoms with Gasteiger partial charge in [0.1, 0.15) is 5.75 Å². The van der Waals surface area contributed by atoms with E-state index in [0.717, 1.165) is 0 Å². The van der Waals surface area contributed by atoms with Crippen LogP contribution in [0.25, 0.3) is 6.08 Å². The van der Waals surface area contributed by atoms with Crippen molar-refractivity contribution in [3.63, 3.8) is 0 Å². The number of amides is 1. The first-order chi connectivity index (χ1) is 7.90. The molecule has 0 aromatic heterocycles. The van der Waals surface area contributed by atoms with Gasteiger partial charge >= 0.3 is 6.36 Å². The van der Waals surface area contributed by atoms with E-state index in [9.17, 15) is 18.0 Å². The Morgan fingerprint density at radius 1 is 1.41 bits per heavy atom. The van der Waals surface area contributed by atoms with Gasteiger partial charge in [-0.2, -0.15) is 0 Å². The molecule has 1 N–H and O–H groups in total. The molecule has 0 radical (unpaired) electrons. The fraction of sp³-hybridized carbons (Fsp3) is 0.182. The molecule has 3 nitrogen and oxygen atoms in total. The summed E-state index contributed by atoms with van der Waals surface area (Å²) < 4.78 is 39.6. The van der Waals surface area contributed by atoms with Crippen LogP contribution in [0.15, 0.2) is 30.3 Å². The molecule has 17 heavy (non-hydrogen) atoms. The van der Waals surface area contributed by atoms with Crippen LogP contribution >= 0.6 is 0 Å². The molecule has 0 unspecified atom stereocenters. The predicted octanol–water partition coefficient (Wildman–Crippen LogP) is 2.34. The van der Waals surface area contributed by atoms with Crippen LogP contribution in [0.2, 0.25) is 0 Å². The molecule has 92 valence electrons. The van der Waals surface area contributed by atoms with Gasteiger partial charge < -0.3 is 10.1 Å². The SMILES string of the molecule is CNC(=O)C=Cc1cccc(OC(F)(F)F)c1. The van der Waals surface area contributed by atoms with Crippen LogP contribution in [0, 0.1) is 0 Å². The molecule has 0 saturated heterocycles. The second-order valence-electron chi connectivity index (χ2n) is 3.07. The number of rotatable bonds is 3. The molecule has 1 aromatic rings. The summed E-state index contributed by atoms with van der Waals surface area (Å²) in [6, 6.07) is 5.34. The zero-order chi connectivity index (χ0) is 12.9. The van der Waals surface area contributed by atoms with Gasteiger partial charge in [-0.25, -0.2) is 0 Å². The maximum atomic E-state index is 11.9. The number of benzene rings is 1. The highest BCUT2D eigenvalue weighted by Crippen LogP contribution is 2.23. The fourth-order valence-corrected chi connectivity index (χ4v) is 1.07. The Morgan fingerprint density at radius 3 is 2.71 bits per heavy atom.